The molecule has 0 aliphatic heterocycles. The molecule has 1 nitrogen and oxygen atoms in total. The summed E-state index contributed by atoms with van der Waals surface area (Å²) in [5, 5.41) is 0. The zero-order valence-electron chi connectivity index (χ0n) is 6.03. The Balaban J connectivity index is 3.30. The third kappa shape index (κ3) is 1.34. The minimum atomic E-state index is 1.02. The first-order valence-electron chi connectivity index (χ1n) is 3.13. The van der Waals surface area contributed by atoms with Gasteiger partial charge in [0, 0.05) is 0 Å². The molecule has 0 aliphatic carbocycles. The predicted octanol–water partition coefficient (Wildman–Crippen LogP) is 2.67. The van der Waals surface area contributed by atoms with E-state index in [1.165, 1.54) is 11.1 Å². The molecule has 0 heterocycles. The van der Waals surface area contributed by atoms with Gasteiger partial charge < -0.3 is 0 Å². The van der Waals surface area contributed by atoms with Crippen molar-refractivity contribution in [2.75, 3.05) is 0 Å². The van der Waals surface area contributed by atoms with Gasteiger partial charge >= 0.3 is 68.6 Å². The minimum absolute atomic E-state index is 1.02. The van der Waals surface area contributed by atoms with Crippen molar-refractivity contribution in [3.8, 4) is 0 Å². The molecule has 0 saturated carbocycles. The first-order chi connectivity index (χ1) is 4.75. The second-order valence-corrected chi connectivity index (χ2v) is 2.57. The topological polar surface area (TPSA) is 12.4 Å². The van der Waals surface area contributed by atoms with E-state index in [-0.39, 0.29) is 0 Å². The number of hydrogen-bond donors (Lipinski definition) is 0. The normalized spacial score (nSPS) is 9.50. The van der Waals surface area contributed by atoms with Crippen LogP contribution < -0.4 is 0 Å². The summed E-state index contributed by atoms with van der Waals surface area (Å²) < 4.78 is 3.92. The zero-order valence-corrected chi connectivity index (χ0v) is 7.14. The molecule has 0 amide bonds. The quantitative estimate of drug-likeness (QED) is 0.581. The molecular formula is C8H9FeN. The van der Waals surface area contributed by atoms with Gasteiger partial charge in [0.1, 0.15) is 0 Å². The molecule has 2 heteroatoms. The van der Waals surface area contributed by atoms with Crippen LogP contribution in [0.4, 0.5) is 5.69 Å². The van der Waals surface area contributed by atoms with Crippen LogP contribution >= 0.6 is 0 Å². The molecule has 10 heavy (non-hydrogen) atoms. The Labute approximate surface area is 69.1 Å². The fraction of sp³-hybridized carbons (Fsp3) is 0.250. The fourth-order valence-electron chi connectivity index (χ4n) is 0.930. The predicted molar refractivity (Wildman–Crippen MR) is 38.0 cm³/mol. The van der Waals surface area contributed by atoms with Crippen molar-refractivity contribution in [2.24, 2.45) is 3.96 Å². The van der Waals surface area contributed by atoms with Crippen LogP contribution in [-0.4, -0.2) is 0 Å². The van der Waals surface area contributed by atoms with Gasteiger partial charge in [0.2, 0.25) is 0 Å². The second kappa shape index (κ2) is 3.09. The summed E-state index contributed by atoms with van der Waals surface area (Å²) in [6.07, 6.45) is 0. The van der Waals surface area contributed by atoms with Crippen molar-refractivity contribution in [1.29, 1.82) is 0 Å². The van der Waals surface area contributed by atoms with Gasteiger partial charge in [0.05, 0.1) is 0 Å². The van der Waals surface area contributed by atoms with Crippen LogP contribution in [0.1, 0.15) is 11.1 Å². The van der Waals surface area contributed by atoms with Crippen molar-refractivity contribution >= 4 is 5.69 Å². The fourth-order valence-corrected chi connectivity index (χ4v) is 1.32. The molecular weight excluding hydrogens is 166 g/mol. The van der Waals surface area contributed by atoms with Crippen molar-refractivity contribution < 1.29 is 15.8 Å². The number of nitrogens with zero attached hydrogens (tertiary/aromatic N) is 1. The van der Waals surface area contributed by atoms with E-state index < -0.39 is 0 Å². The van der Waals surface area contributed by atoms with Gasteiger partial charge in [-0.05, 0) is 0 Å². The molecule has 54 valence electrons. The van der Waals surface area contributed by atoms with E-state index in [0.29, 0.717) is 0 Å². The molecule has 0 saturated heterocycles. The summed E-state index contributed by atoms with van der Waals surface area (Å²) in [5.41, 5.74) is 3.40. The Kier molecular flexibility index (Phi) is 2.36. The van der Waals surface area contributed by atoms with E-state index in [1.54, 1.807) is 0 Å². The van der Waals surface area contributed by atoms with Crippen LogP contribution in [0.15, 0.2) is 22.2 Å². The molecule has 1 rings (SSSR count). The third-order valence-electron chi connectivity index (χ3n) is 1.52. The molecule has 0 N–H and O–H groups in total. The Morgan fingerprint density at radius 2 is 1.70 bits per heavy atom. The van der Waals surface area contributed by atoms with Gasteiger partial charge in [0.15, 0.2) is 0 Å². The molecule has 0 atom stereocenters. The summed E-state index contributed by atoms with van der Waals surface area (Å²) in [7, 11) is 0. The van der Waals surface area contributed by atoms with E-state index in [9.17, 15) is 0 Å². The van der Waals surface area contributed by atoms with Gasteiger partial charge in [-0.25, -0.2) is 0 Å². The van der Waals surface area contributed by atoms with Crippen molar-refractivity contribution in [3.05, 3.63) is 29.3 Å². The zero-order chi connectivity index (χ0) is 7.56. The van der Waals surface area contributed by atoms with Crippen LogP contribution in [0.3, 0.4) is 0 Å². The number of aryl methyl sites for hydroxylation is 2. The number of rotatable bonds is 1. The Morgan fingerprint density at radius 3 is 2.00 bits per heavy atom. The van der Waals surface area contributed by atoms with Crippen LogP contribution in [0.2, 0.25) is 0 Å². The molecule has 0 unspecified atom stereocenters. The van der Waals surface area contributed by atoms with Crippen molar-refractivity contribution in [1.82, 2.24) is 0 Å². The third-order valence-corrected chi connectivity index (χ3v) is 1.77. The van der Waals surface area contributed by atoms with E-state index in [4.69, 9.17) is 0 Å². The van der Waals surface area contributed by atoms with Crippen molar-refractivity contribution in [3.63, 3.8) is 0 Å². The van der Waals surface area contributed by atoms with Crippen molar-refractivity contribution in [2.45, 2.75) is 13.8 Å². The summed E-state index contributed by atoms with van der Waals surface area (Å²) >= 11 is 3.50. The monoisotopic (exact) mass is 175 g/mol. The molecule has 1 aromatic carbocycles. The standard InChI is InChI=1S/C8H9N.Fe/c1-6-4-3-5-7(2)8(6)9;/h3-5H,1-2H3;. The Bertz CT molecular complexity index is 235. The first kappa shape index (κ1) is 7.64. The summed E-state index contributed by atoms with van der Waals surface area (Å²) in [5.74, 6) is 0. The van der Waals surface area contributed by atoms with Gasteiger partial charge in [-0.2, -0.15) is 0 Å². The molecule has 0 bridgehead atoms. The molecule has 0 aromatic heterocycles. The molecule has 0 spiro atoms. The average molecular weight is 175 g/mol. The SMILES string of the molecule is Cc1cccc(C)c1[N]=[Fe]. The average Bonchev–Trinajstić information content (AvgIpc) is 1.88. The van der Waals surface area contributed by atoms with E-state index in [0.717, 1.165) is 5.69 Å². The molecule has 0 aliphatic rings. The molecule has 0 radical (unpaired) electrons. The first-order valence-corrected chi connectivity index (χ1v) is 3.62. The van der Waals surface area contributed by atoms with E-state index in [2.05, 4.69) is 19.8 Å². The Hall–Kier alpha value is -0.461. The van der Waals surface area contributed by atoms with Gasteiger partial charge in [-0.1, -0.05) is 0 Å². The van der Waals surface area contributed by atoms with Crippen LogP contribution in [-0.2, 0) is 15.8 Å². The van der Waals surface area contributed by atoms with Crippen LogP contribution in [0, 0.1) is 13.8 Å². The van der Waals surface area contributed by atoms with Crippen LogP contribution in [0.5, 0.6) is 0 Å². The molecule has 0 fully saturated rings. The Morgan fingerprint density at radius 1 is 1.20 bits per heavy atom. The second-order valence-electron chi connectivity index (χ2n) is 2.32. The number of hydrogen-bond acceptors (Lipinski definition) is 1. The van der Waals surface area contributed by atoms with Gasteiger partial charge in [-0.3, -0.25) is 0 Å². The van der Waals surface area contributed by atoms with Gasteiger partial charge in [-0.15, -0.1) is 0 Å². The van der Waals surface area contributed by atoms with Gasteiger partial charge in [0.25, 0.3) is 0 Å². The van der Waals surface area contributed by atoms with E-state index in [1.807, 2.05) is 32.0 Å². The van der Waals surface area contributed by atoms with Crippen LogP contribution in [0.25, 0.3) is 0 Å². The molecule has 1 aromatic rings. The number of benzene rings is 1. The maximum atomic E-state index is 3.92. The van der Waals surface area contributed by atoms with E-state index >= 15 is 0 Å². The summed E-state index contributed by atoms with van der Waals surface area (Å²) in [6, 6.07) is 6.10. The maximum absolute atomic E-state index is 3.92. The summed E-state index contributed by atoms with van der Waals surface area (Å²) in [4.78, 5) is 0. The summed E-state index contributed by atoms with van der Waals surface area (Å²) in [6.45, 7) is 4.08.